The number of Topliss-reactive ketones (excluding diaryl/α,β-unsaturated/α-hetero) is 1. The Bertz CT molecular complexity index is 1080. The lowest BCUT2D eigenvalue weighted by Crippen LogP contribution is -2.41. The molecule has 1 atom stereocenters. The summed E-state index contributed by atoms with van der Waals surface area (Å²) in [6.45, 7) is 6.12. The van der Waals surface area contributed by atoms with Crippen LogP contribution in [0.15, 0.2) is 54.9 Å². The van der Waals surface area contributed by atoms with Gasteiger partial charge in [-0.1, -0.05) is 51.1 Å². The lowest BCUT2D eigenvalue weighted by molar-refractivity contribution is -0.123. The Morgan fingerprint density at radius 2 is 1.81 bits per heavy atom. The highest BCUT2D eigenvalue weighted by Gasteiger charge is 2.32. The highest BCUT2D eigenvalue weighted by Crippen LogP contribution is 2.34. The van der Waals surface area contributed by atoms with Gasteiger partial charge in [0.15, 0.2) is 5.78 Å². The molecule has 31 heavy (non-hydrogen) atoms. The van der Waals surface area contributed by atoms with E-state index in [0.29, 0.717) is 25.7 Å². The number of aromatic nitrogens is 2. The summed E-state index contributed by atoms with van der Waals surface area (Å²) in [5, 5.41) is 3.08. The molecule has 0 bridgehead atoms. The Kier molecular flexibility index (Phi) is 5.77. The van der Waals surface area contributed by atoms with Crippen molar-refractivity contribution in [3.63, 3.8) is 0 Å². The van der Waals surface area contributed by atoms with Crippen LogP contribution >= 0.6 is 0 Å². The summed E-state index contributed by atoms with van der Waals surface area (Å²) >= 11 is 0. The summed E-state index contributed by atoms with van der Waals surface area (Å²) in [5.41, 5.74) is 5.78. The van der Waals surface area contributed by atoms with Gasteiger partial charge in [0.25, 0.3) is 0 Å². The molecule has 3 aromatic rings. The zero-order valence-electron chi connectivity index (χ0n) is 18.4. The molecule has 1 aliphatic carbocycles. The number of aromatic amines is 1. The number of rotatable bonds is 5. The number of hydrogen-bond acceptors (Lipinski definition) is 3. The third kappa shape index (κ3) is 4.93. The first-order valence-corrected chi connectivity index (χ1v) is 10.8. The number of ketones is 1. The molecular weight excluding hydrogens is 386 g/mol. The van der Waals surface area contributed by atoms with Gasteiger partial charge in [-0.15, -0.1) is 0 Å². The Morgan fingerprint density at radius 3 is 2.48 bits per heavy atom. The van der Waals surface area contributed by atoms with Gasteiger partial charge in [-0.25, -0.2) is 0 Å². The molecule has 0 radical (unpaired) electrons. The van der Waals surface area contributed by atoms with Crippen LogP contribution in [0.25, 0.3) is 11.3 Å². The third-order valence-corrected chi connectivity index (χ3v) is 5.59. The van der Waals surface area contributed by atoms with E-state index in [4.69, 9.17) is 0 Å². The second-order valence-corrected chi connectivity index (χ2v) is 9.56. The van der Waals surface area contributed by atoms with Gasteiger partial charge >= 0.3 is 0 Å². The molecule has 1 amide bonds. The molecule has 1 unspecified atom stereocenters. The van der Waals surface area contributed by atoms with E-state index in [9.17, 15) is 9.59 Å². The number of carbonyl (C=O) groups excluding carboxylic acids is 2. The van der Waals surface area contributed by atoms with E-state index >= 15 is 0 Å². The van der Waals surface area contributed by atoms with Crippen LogP contribution in [0, 0.1) is 5.41 Å². The molecule has 0 spiro atoms. The molecule has 160 valence electrons. The van der Waals surface area contributed by atoms with E-state index in [0.717, 1.165) is 33.6 Å². The van der Waals surface area contributed by atoms with Crippen LogP contribution in [0.1, 0.15) is 60.8 Å². The lowest BCUT2D eigenvalue weighted by atomic mass is 9.86. The van der Waals surface area contributed by atoms with Crippen LogP contribution in [0.2, 0.25) is 0 Å². The van der Waals surface area contributed by atoms with E-state index in [1.54, 1.807) is 12.4 Å². The standard InChI is InChI=1S/C26H29N3O2/c1-26(2,3)16-23(31)28-19-14-21-24(22(30)15-19)20(13-17-7-5-4-6-8-17)25(29-21)18-9-11-27-12-10-18/h4-12,19,29H,13-16H2,1-3H3,(H,28,31). The van der Waals surface area contributed by atoms with E-state index in [1.165, 1.54) is 0 Å². The topological polar surface area (TPSA) is 74.8 Å². The highest BCUT2D eigenvalue weighted by molar-refractivity contribution is 6.02. The summed E-state index contributed by atoms with van der Waals surface area (Å²) < 4.78 is 0. The Morgan fingerprint density at radius 1 is 1.10 bits per heavy atom. The van der Waals surface area contributed by atoms with Gasteiger partial charge in [0.05, 0.1) is 5.69 Å². The van der Waals surface area contributed by atoms with Gasteiger partial charge in [0.1, 0.15) is 0 Å². The molecule has 2 N–H and O–H groups in total. The summed E-state index contributed by atoms with van der Waals surface area (Å²) in [6, 6.07) is 13.9. The van der Waals surface area contributed by atoms with Gasteiger partial charge < -0.3 is 10.3 Å². The maximum Gasteiger partial charge on any atom is 0.220 e. The van der Waals surface area contributed by atoms with E-state index in [2.05, 4.69) is 27.4 Å². The molecule has 1 aliphatic rings. The molecular formula is C26H29N3O2. The van der Waals surface area contributed by atoms with Crippen molar-refractivity contribution in [1.82, 2.24) is 15.3 Å². The SMILES string of the molecule is CC(C)(C)CC(=O)NC1CC(=O)c2c([nH]c(-c3ccncc3)c2Cc2ccccc2)C1. The number of hydrogen-bond donors (Lipinski definition) is 2. The monoisotopic (exact) mass is 415 g/mol. The predicted molar refractivity (Wildman–Crippen MR) is 122 cm³/mol. The first-order valence-electron chi connectivity index (χ1n) is 10.8. The molecule has 4 rings (SSSR count). The van der Waals surface area contributed by atoms with E-state index in [-0.39, 0.29) is 23.1 Å². The van der Waals surface area contributed by atoms with Gasteiger partial charge in [-0.3, -0.25) is 14.6 Å². The van der Waals surface area contributed by atoms with Crippen LogP contribution in [0.3, 0.4) is 0 Å². The second-order valence-electron chi connectivity index (χ2n) is 9.56. The number of fused-ring (bicyclic) bond motifs is 1. The third-order valence-electron chi connectivity index (χ3n) is 5.59. The number of pyridine rings is 1. The minimum Gasteiger partial charge on any atom is -0.357 e. The predicted octanol–water partition coefficient (Wildman–Crippen LogP) is 4.72. The van der Waals surface area contributed by atoms with Crippen molar-refractivity contribution in [2.75, 3.05) is 0 Å². The molecule has 0 saturated carbocycles. The number of amides is 1. The maximum absolute atomic E-state index is 13.2. The van der Waals surface area contributed by atoms with Crippen LogP contribution in [-0.4, -0.2) is 27.7 Å². The Labute approximate surface area is 183 Å². The summed E-state index contributed by atoms with van der Waals surface area (Å²) in [7, 11) is 0. The van der Waals surface area contributed by atoms with Gasteiger partial charge in [0, 0.05) is 60.9 Å². The van der Waals surface area contributed by atoms with Crippen molar-refractivity contribution in [3.8, 4) is 11.3 Å². The highest BCUT2D eigenvalue weighted by atomic mass is 16.2. The Hall–Kier alpha value is -3.21. The summed E-state index contributed by atoms with van der Waals surface area (Å²) in [6.07, 6.45) is 5.60. The number of nitrogens with one attached hydrogen (secondary N) is 2. The lowest BCUT2D eigenvalue weighted by Gasteiger charge is -2.25. The van der Waals surface area contributed by atoms with Crippen molar-refractivity contribution in [2.45, 2.75) is 52.5 Å². The van der Waals surface area contributed by atoms with Crippen LogP contribution in [-0.2, 0) is 17.6 Å². The molecule has 0 saturated heterocycles. The van der Waals surface area contributed by atoms with Crippen LogP contribution in [0.5, 0.6) is 0 Å². The number of carbonyl (C=O) groups is 2. The molecule has 0 aliphatic heterocycles. The van der Waals surface area contributed by atoms with E-state index in [1.807, 2.05) is 51.1 Å². The second kappa shape index (κ2) is 8.50. The van der Waals surface area contributed by atoms with Crippen LogP contribution in [0.4, 0.5) is 0 Å². The van der Waals surface area contributed by atoms with Crippen molar-refractivity contribution < 1.29 is 9.59 Å². The normalized spacial score (nSPS) is 16.1. The molecule has 0 fully saturated rings. The number of nitrogens with zero attached hydrogens (tertiary/aromatic N) is 1. The molecule has 2 heterocycles. The number of benzene rings is 1. The first kappa shape index (κ1) is 21.0. The van der Waals surface area contributed by atoms with E-state index < -0.39 is 0 Å². The minimum atomic E-state index is -0.177. The fraction of sp³-hybridized carbons (Fsp3) is 0.346. The van der Waals surface area contributed by atoms with Crippen LogP contribution < -0.4 is 5.32 Å². The fourth-order valence-corrected chi connectivity index (χ4v) is 4.33. The van der Waals surface area contributed by atoms with Crippen molar-refractivity contribution in [3.05, 3.63) is 77.2 Å². The molecule has 1 aromatic carbocycles. The smallest absolute Gasteiger partial charge is 0.220 e. The largest absolute Gasteiger partial charge is 0.357 e. The average molecular weight is 416 g/mol. The minimum absolute atomic E-state index is 0.000766. The van der Waals surface area contributed by atoms with Gasteiger partial charge in [-0.05, 0) is 28.7 Å². The molecule has 2 aromatic heterocycles. The first-order chi connectivity index (χ1) is 14.8. The molecule has 5 heteroatoms. The summed E-state index contributed by atoms with van der Waals surface area (Å²) in [4.78, 5) is 33.3. The average Bonchev–Trinajstić information content (AvgIpc) is 3.06. The maximum atomic E-state index is 13.2. The quantitative estimate of drug-likeness (QED) is 0.633. The van der Waals surface area contributed by atoms with Crippen molar-refractivity contribution in [1.29, 1.82) is 0 Å². The zero-order chi connectivity index (χ0) is 22.0. The van der Waals surface area contributed by atoms with Gasteiger partial charge in [0.2, 0.25) is 5.91 Å². The number of H-pyrrole nitrogens is 1. The van der Waals surface area contributed by atoms with Crippen molar-refractivity contribution in [2.24, 2.45) is 5.41 Å². The Balaban J connectivity index is 1.67. The zero-order valence-corrected chi connectivity index (χ0v) is 18.4. The van der Waals surface area contributed by atoms with Crippen molar-refractivity contribution >= 4 is 11.7 Å². The summed E-state index contributed by atoms with van der Waals surface area (Å²) in [5.74, 6) is 0.0870. The molecule has 5 nitrogen and oxygen atoms in total. The van der Waals surface area contributed by atoms with Gasteiger partial charge in [-0.2, -0.15) is 0 Å². The fourth-order valence-electron chi connectivity index (χ4n) is 4.33.